The van der Waals surface area contributed by atoms with Crippen LogP contribution in [0.25, 0.3) is 11.6 Å². The van der Waals surface area contributed by atoms with Crippen molar-refractivity contribution in [2.75, 3.05) is 0 Å². The Morgan fingerprint density at radius 1 is 0.900 bits per heavy atom. The van der Waals surface area contributed by atoms with E-state index in [0.29, 0.717) is 17.9 Å². The first kappa shape index (κ1) is 21.3. The number of hydrogen-bond acceptors (Lipinski definition) is 0. The van der Waals surface area contributed by atoms with Gasteiger partial charge >= 0.3 is 0 Å². The predicted octanol–water partition coefficient (Wildman–Crippen LogP) is 8.48. The average Bonchev–Trinajstić information content (AvgIpc) is 2.77. The van der Waals surface area contributed by atoms with Gasteiger partial charge in [0.1, 0.15) is 11.6 Å². The molecule has 2 aromatic rings. The summed E-state index contributed by atoms with van der Waals surface area (Å²) in [6.45, 7) is 4.23. The molecule has 0 aromatic heterocycles. The Hall–Kier alpha value is -1.96. The summed E-state index contributed by atoms with van der Waals surface area (Å²) >= 11 is 0. The van der Waals surface area contributed by atoms with Gasteiger partial charge in [0.05, 0.1) is 0 Å². The summed E-state index contributed by atoms with van der Waals surface area (Å²) in [5.74, 6) is 1.08. The highest BCUT2D eigenvalue weighted by molar-refractivity contribution is 5.84. The van der Waals surface area contributed by atoms with Crippen molar-refractivity contribution in [2.24, 2.45) is 5.92 Å². The van der Waals surface area contributed by atoms with Crippen LogP contribution in [0.4, 0.5) is 8.78 Å². The van der Waals surface area contributed by atoms with Crippen LogP contribution in [0.15, 0.2) is 30.3 Å². The van der Waals surface area contributed by atoms with Crippen molar-refractivity contribution in [1.82, 2.24) is 0 Å². The first-order valence-corrected chi connectivity index (χ1v) is 11.9. The maximum Gasteiger partial charge on any atom is 0.130 e. The quantitative estimate of drug-likeness (QED) is 0.449. The highest BCUT2D eigenvalue weighted by atomic mass is 19.1. The summed E-state index contributed by atoms with van der Waals surface area (Å²) in [4.78, 5) is 0. The molecule has 0 nitrogen and oxygen atoms in total. The molecule has 0 saturated heterocycles. The standard InChI is InChI=1S/C28H34F2/c1-3-5-6-19-7-9-21(10-8-19)23-13-14-26(28(30)17-23)24-12-11-22-15-20(4-2)27(29)18-25(22)16-24/h13-19,21H,3-12H2,1-2H3. The number of rotatable bonds is 6. The number of fused-ring (bicyclic) bond motifs is 1. The molecule has 160 valence electrons. The van der Waals surface area contributed by atoms with E-state index in [-0.39, 0.29) is 11.6 Å². The normalized spacial score (nSPS) is 21.3. The Kier molecular flexibility index (Phi) is 6.71. The smallest absolute Gasteiger partial charge is 0.130 e. The van der Waals surface area contributed by atoms with E-state index < -0.39 is 0 Å². The zero-order valence-corrected chi connectivity index (χ0v) is 18.4. The van der Waals surface area contributed by atoms with E-state index in [9.17, 15) is 4.39 Å². The Balaban J connectivity index is 1.50. The van der Waals surface area contributed by atoms with Crippen molar-refractivity contribution in [3.63, 3.8) is 0 Å². The van der Waals surface area contributed by atoms with Crippen LogP contribution in [0.3, 0.4) is 0 Å². The zero-order chi connectivity index (χ0) is 21.1. The molecule has 0 aliphatic heterocycles. The van der Waals surface area contributed by atoms with Gasteiger partial charge in [-0.05, 0) is 96.7 Å². The summed E-state index contributed by atoms with van der Waals surface area (Å²) in [6, 6.07) is 9.46. The number of hydrogen-bond donors (Lipinski definition) is 0. The molecule has 0 amide bonds. The lowest BCUT2D eigenvalue weighted by atomic mass is 9.76. The van der Waals surface area contributed by atoms with Gasteiger partial charge in [0.25, 0.3) is 0 Å². The summed E-state index contributed by atoms with van der Waals surface area (Å²) in [5.41, 5.74) is 5.67. The van der Waals surface area contributed by atoms with E-state index in [1.807, 2.05) is 25.1 Å². The second-order valence-corrected chi connectivity index (χ2v) is 9.26. The van der Waals surface area contributed by atoms with Crippen LogP contribution in [0.2, 0.25) is 0 Å². The second kappa shape index (κ2) is 9.45. The molecule has 0 bridgehead atoms. The van der Waals surface area contributed by atoms with E-state index in [1.54, 1.807) is 12.1 Å². The topological polar surface area (TPSA) is 0 Å². The molecule has 2 aliphatic carbocycles. The fourth-order valence-electron chi connectivity index (χ4n) is 5.37. The summed E-state index contributed by atoms with van der Waals surface area (Å²) in [7, 11) is 0. The average molecular weight is 409 g/mol. The van der Waals surface area contributed by atoms with Crippen molar-refractivity contribution >= 4 is 11.6 Å². The van der Waals surface area contributed by atoms with Gasteiger partial charge in [0.2, 0.25) is 0 Å². The molecule has 2 aliphatic rings. The molecule has 0 atom stereocenters. The van der Waals surface area contributed by atoms with Crippen LogP contribution in [0.1, 0.15) is 98.9 Å². The summed E-state index contributed by atoms with van der Waals surface area (Å²) in [6.07, 6.45) is 13.2. The number of allylic oxidation sites excluding steroid dienone is 1. The van der Waals surface area contributed by atoms with Gasteiger partial charge in [-0.25, -0.2) is 8.78 Å². The van der Waals surface area contributed by atoms with Crippen molar-refractivity contribution in [3.05, 3.63) is 69.8 Å². The largest absolute Gasteiger partial charge is 0.207 e. The third kappa shape index (κ3) is 4.53. The highest BCUT2D eigenvalue weighted by Gasteiger charge is 2.23. The number of halogens is 2. The Bertz CT molecular complexity index is 916. The minimum absolute atomic E-state index is 0.124. The molecule has 0 spiro atoms. The van der Waals surface area contributed by atoms with E-state index >= 15 is 4.39 Å². The van der Waals surface area contributed by atoms with Gasteiger partial charge in [-0.3, -0.25) is 0 Å². The SMILES string of the molecule is CCCCC1CCC(c2ccc(C3=Cc4cc(F)c(CC)cc4CC3)c(F)c2)CC1. The summed E-state index contributed by atoms with van der Waals surface area (Å²) in [5, 5.41) is 0. The van der Waals surface area contributed by atoms with Gasteiger partial charge in [-0.1, -0.05) is 57.4 Å². The highest BCUT2D eigenvalue weighted by Crippen LogP contribution is 2.39. The Morgan fingerprint density at radius 3 is 2.40 bits per heavy atom. The molecule has 30 heavy (non-hydrogen) atoms. The number of unbranched alkanes of at least 4 members (excludes halogenated alkanes) is 1. The molecule has 2 heteroatoms. The lowest BCUT2D eigenvalue weighted by molar-refractivity contribution is 0.304. The lowest BCUT2D eigenvalue weighted by Gasteiger charge is -2.29. The van der Waals surface area contributed by atoms with Crippen LogP contribution in [0, 0.1) is 17.6 Å². The van der Waals surface area contributed by atoms with Crippen LogP contribution in [-0.2, 0) is 12.8 Å². The maximum atomic E-state index is 15.1. The van der Waals surface area contributed by atoms with Crippen LogP contribution >= 0.6 is 0 Å². The van der Waals surface area contributed by atoms with Crippen LogP contribution < -0.4 is 0 Å². The molecular formula is C28H34F2. The minimum Gasteiger partial charge on any atom is -0.207 e. The lowest BCUT2D eigenvalue weighted by Crippen LogP contribution is -2.13. The fourth-order valence-corrected chi connectivity index (χ4v) is 5.37. The van der Waals surface area contributed by atoms with E-state index in [1.165, 1.54) is 50.5 Å². The summed E-state index contributed by atoms with van der Waals surface area (Å²) < 4.78 is 29.3. The molecule has 2 aromatic carbocycles. The maximum absolute atomic E-state index is 15.1. The van der Waals surface area contributed by atoms with Gasteiger partial charge in [-0.15, -0.1) is 0 Å². The molecule has 0 N–H and O–H groups in total. The van der Waals surface area contributed by atoms with E-state index in [2.05, 4.69) is 13.0 Å². The van der Waals surface area contributed by atoms with Crippen LogP contribution in [0.5, 0.6) is 0 Å². The fraction of sp³-hybridized carbons (Fsp3) is 0.500. The molecule has 1 fully saturated rings. The predicted molar refractivity (Wildman–Crippen MR) is 123 cm³/mol. The van der Waals surface area contributed by atoms with Gasteiger partial charge < -0.3 is 0 Å². The molecule has 1 saturated carbocycles. The van der Waals surface area contributed by atoms with Gasteiger partial charge in [0, 0.05) is 5.56 Å². The Labute approximate surface area is 180 Å². The third-order valence-electron chi connectivity index (χ3n) is 7.31. The number of benzene rings is 2. The van der Waals surface area contributed by atoms with Crippen molar-refractivity contribution in [3.8, 4) is 0 Å². The molecular weight excluding hydrogens is 374 g/mol. The van der Waals surface area contributed by atoms with Crippen molar-refractivity contribution in [1.29, 1.82) is 0 Å². The van der Waals surface area contributed by atoms with E-state index in [4.69, 9.17) is 0 Å². The molecule has 0 unspecified atom stereocenters. The first-order valence-electron chi connectivity index (χ1n) is 11.9. The number of aryl methyl sites for hydroxylation is 2. The Morgan fingerprint density at radius 2 is 1.70 bits per heavy atom. The third-order valence-corrected chi connectivity index (χ3v) is 7.31. The second-order valence-electron chi connectivity index (χ2n) is 9.26. The molecule has 4 rings (SSSR count). The monoisotopic (exact) mass is 408 g/mol. The molecule has 0 radical (unpaired) electrons. The van der Waals surface area contributed by atoms with Crippen molar-refractivity contribution in [2.45, 2.75) is 84.0 Å². The van der Waals surface area contributed by atoms with Crippen LogP contribution in [-0.4, -0.2) is 0 Å². The van der Waals surface area contributed by atoms with Gasteiger partial charge in [-0.2, -0.15) is 0 Å². The minimum atomic E-state index is -0.154. The van der Waals surface area contributed by atoms with Gasteiger partial charge in [0.15, 0.2) is 0 Å². The van der Waals surface area contributed by atoms with E-state index in [0.717, 1.165) is 41.0 Å². The molecule has 0 heterocycles. The van der Waals surface area contributed by atoms with Crippen molar-refractivity contribution < 1.29 is 8.78 Å². The first-order chi connectivity index (χ1) is 14.6. The zero-order valence-electron chi connectivity index (χ0n) is 18.4.